The van der Waals surface area contributed by atoms with Crippen LogP contribution in [0.15, 0.2) is 0 Å². The summed E-state index contributed by atoms with van der Waals surface area (Å²) in [5, 5.41) is 13.1. The van der Waals surface area contributed by atoms with Gasteiger partial charge in [-0.1, -0.05) is 0 Å². The molecule has 0 bridgehead atoms. The number of halogens is 1. The van der Waals surface area contributed by atoms with Gasteiger partial charge in [-0.3, -0.25) is 4.79 Å². The summed E-state index contributed by atoms with van der Waals surface area (Å²) in [6.45, 7) is 4.64. The van der Waals surface area contributed by atoms with Gasteiger partial charge in [0.05, 0.1) is 19.2 Å². The highest BCUT2D eigenvalue weighted by molar-refractivity contribution is 5.79. The lowest BCUT2D eigenvalue weighted by Crippen LogP contribution is -2.48. The van der Waals surface area contributed by atoms with Gasteiger partial charge in [-0.2, -0.15) is 0 Å². The Morgan fingerprint density at radius 3 is 2.48 bits per heavy atom. The van der Waals surface area contributed by atoms with Crippen molar-refractivity contribution in [1.29, 1.82) is 0 Å². The summed E-state index contributed by atoms with van der Waals surface area (Å²) in [5.74, 6) is 1.20. The van der Waals surface area contributed by atoms with Gasteiger partial charge in [0.2, 0.25) is 5.91 Å². The van der Waals surface area contributed by atoms with Gasteiger partial charge in [0.25, 0.3) is 0 Å². The maximum Gasteiger partial charge on any atom is 0.236 e. The van der Waals surface area contributed by atoms with Crippen LogP contribution in [0.25, 0.3) is 0 Å². The van der Waals surface area contributed by atoms with Gasteiger partial charge in [0, 0.05) is 18.0 Å². The van der Waals surface area contributed by atoms with Crippen molar-refractivity contribution < 1.29 is 14.3 Å². The highest BCUT2D eigenvalue weighted by Crippen LogP contribution is 2.48. The molecule has 2 aliphatic carbocycles. The van der Waals surface area contributed by atoms with Crippen LogP contribution in [0.2, 0.25) is 0 Å². The van der Waals surface area contributed by atoms with Gasteiger partial charge in [0.1, 0.15) is 6.17 Å². The van der Waals surface area contributed by atoms with Crippen LogP contribution in [0, 0.1) is 11.8 Å². The highest BCUT2D eigenvalue weighted by Gasteiger charge is 2.47. The molecule has 0 aromatic rings. The van der Waals surface area contributed by atoms with Crippen LogP contribution in [0.4, 0.5) is 4.39 Å². The molecule has 2 unspecified atom stereocenters. The monoisotopic (exact) mass is 298 g/mol. The van der Waals surface area contributed by atoms with E-state index in [1.54, 1.807) is 4.90 Å². The largest absolute Gasteiger partial charge is 0.393 e. The quantitative estimate of drug-likeness (QED) is 0.830. The molecule has 3 rings (SSSR count). The maximum atomic E-state index is 13.4. The number of aliphatic hydroxyl groups is 1. The number of nitrogens with one attached hydrogen (secondary N) is 1. The van der Waals surface area contributed by atoms with Gasteiger partial charge in [0.15, 0.2) is 0 Å². The molecule has 3 fully saturated rings. The van der Waals surface area contributed by atoms with E-state index >= 15 is 0 Å². The second kappa shape index (κ2) is 5.51. The van der Waals surface area contributed by atoms with Crippen molar-refractivity contribution >= 4 is 5.91 Å². The Balaban J connectivity index is 1.50. The van der Waals surface area contributed by atoms with Crippen LogP contribution in [0.1, 0.15) is 46.0 Å². The molecule has 4 nitrogen and oxygen atoms in total. The number of aliphatic hydroxyl groups excluding tert-OH is 1. The van der Waals surface area contributed by atoms with Crippen LogP contribution in [-0.2, 0) is 4.79 Å². The first-order valence-electron chi connectivity index (χ1n) is 8.23. The standard InChI is InChI=1S/C16H27FN2O2/c1-10-3-13(17)9-19(10)15(21)8-18-16(2)6-11-4-14(20)5-12(11)7-16/h10-14,18,20H,3-9H2,1-2H3/t10-,11-,12+,13+,14?,16?/m1/s1. The average Bonchev–Trinajstić information content (AvgIpc) is 2.97. The Hall–Kier alpha value is -0.680. The van der Waals surface area contributed by atoms with Gasteiger partial charge in [-0.15, -0.1) is 0 Å². The highest BCUT2D eigenvalue weighted by atomic mass is 19.1. The summed E-state index contributed by atoms with van der Waals surface area (Å²) in [6.07, 6.45) is 3.34. The lowest BCUT2D eigenvalue weighted by Gasteiger charge is -2.29. The zero-order valence-corrected chi connectivity index (χ0v) is 13.0. The second-order valence-corrected chi connectivity index (χ2v) is 7.70. The third-order valence-corrected chi connectivity index (χ3v) is 5.75. The van der Waals surface area contributed by atoms with E-state index in [-0.39, 0.29) is 30.1 Å². The predicted molar refractivity (Wildman–Crippen MR) is 78.6 cm³/mol. The van der Waals surface area contributed by atoms with Gasteiger partial charge < -0.3 is 15.3 Å². The number of carbonyl (C=O) groups is 1. The minimum Gasteiger partial charge on any atom is -0.393 e. The van der Waals surface area contributed by atoms with Crippen molar-refractivity contribution in [3.05, 3.63) is 0 Å². The molecule has 2 saturated carbocycles. The summed E-state index contributed by atoms with van der Waals surface area (Å²) in [4.78, 5) is 13.9. The van der Waals surface area contributed by atoms with E-state index in [1.807, 2.05) is 6.92 Å². The number of carbonyl (C=O) groups excluding carboxylic acids is 1. The molecule has 0 spiro atoms. The van der Waals surface area contributed by atoms with Crippen LogP contribution < -0.4 is 5.32 Å². The van der Waals surface area contributed by atoms with E-state index < -0.39 is 6.17 Å². The van der Waals surface area contributed by atoms with Gasteiger partial charge in [-0.25, -0.2) is 4.39 Å². The van der Waals surface area contributed by atoms with Gasteiger partial charge >= 0.3 is 0 Å². The first kappa shape index (κ1) is 15.2. The zero-order chi connectivity index (χ0) is 15.2. The topological polar surface area (TPSA) is 52.6 Å². The molecule has 5 heteroatoms. The molecule has 1 aliphatic heterocycles. The normalized spacial score (nSPS) is 46.1. The number of hydrogen-bond acceptors (Lipinski definition) is 3. The number of amides is 1. The van der Waals surface area contributed by atoms with Crippen molar-refractivity contribution in [3.8, 4) is 0 Å². The van der Waals surface area contributed by atoms with Crippen LogP contribution >= 0.6 is 0 Å². The lowest BCUT2D eigenvalue weighted by molar-refractivity contribution is -0.131. The van der Waals surface area contributed by atoms with E-state index in [4.69, 9.17) is 0 Å². The van der Waals surface area contributed by atoms with Crippen molar-refractivity contribution in [1.82, 2.24) is 10.2 Å². The average molecular weight is 298 g/mol. The molecule has 120 valence electrons. The van der Waals surface area contributed by atoms with Crippen LogP contribution in [0.3, 0.4) is 0 Å². The fourth-order valence-electron chi connectivity index (χ4n) is 4.77. The van der Waals surface area contributed by atoms with Crippen molar-refractivity contribution in [2.24, 2.45) is 11.8 Å². The summed E-state index contributed by atoms with van der Waals surface area (Å²) in [5.41, 5.74) is -0.0107. The molecule has 1 amide bonds. The molecular formula is C16H27FN2O2. The second-order valence-electron chi connectivity index (χ2n) is 7.70. The first-order chi connectivity index (χ1) is 9.86. The molecule has 0 aromatic carbocycles. The van der Waals surface area contributed by atoms with E-state index in [1.165, 1.54) is 0 Å². The molecule has 1 heterocycles. The predicted octanol–water partition coefficient (Wildman–Crippen LogP) is 1.47. The molecule has 6 atom stereocenters. The molecule has 3 aliphatic rings. The minimum absolute atomic E-state index is 0.0107. The molecule has 1 saturated heterocycles. The SMILES string of the molecule is C[C@@H]1C[C@H](F)CN1C(=O)CNC1(C)C[C@H]2CC(O)C[C@H]2C1. The minimum atomic E-state index is -0.869. The molecule has 0 radical (unpaired) electrons. The third-order valence-electron chi connectivity index (χ3n) is 5.75. The van der Waals surface area contributed by atoms with Crippen molar-refractivity contribution in [2.75, 3.05) is 13.1 Å². The van der Waals surface area contributed by atoms with E-state index in [0.717, 1.165) is 25.7 Å². The summed E-state index contributed by atoms with van der Waals surface area (Å²) >= 11 is 0. The number of nitrogens with zero attached hydrogens (tertiary/aromatic N) is 1. The number of likely N-dealkylation sites (tertiary alicyclic amines) is 1. The van der Waals surface area contributed by atoms with E-state index in [9.17, 15) is 14.3 Å². The summed E-state index contributed by atoms with van der Waals surface area (Å²) < 4.78 is 13.4. The Bertz CT molecular complexity index is 403. The van der Waals surface area contributed by atoms with Crippen molar-refractivity contribution in [2.45, 2.75) is 69.8 Å². The van der Waals surface area contributed by atoms with Gasteiger partial charge in [-0.05, 0) is 51.4 Å². The van der Waals surface area contributed by atoms with Crippen molar-refractivity contribution in [3.63, 3.8) is 0 Å². The summed E-state index contributed by atoms with van der Waals surface area (Å²) in [6, 6.07) is 0.0141. The Kier molecular flexibility index (Phi) is 3.99. The fourth-order valence-corrected chi connectivity index (χ4v) is 4.77. The third kappa shape index (κ3) is 3.09. The molecule has 2 N–H and O–H groups in total. The first-order valence-corrected chi connectivity index (χ1v) is 8.23. The van der Waals surface area contributed by atoms with E-state index in [2.05, 4.69) is 12.2 Å². The maximum absolute atomic E-state index is 13.4. The Morgan fingerprint density at radius 2 is 1.95 bits per heavy atom. The summed E-state index contributed by atoms with van der Waals surface area (Å²) in [7, 11) is 0. The number of rotatable bonds is 3. The zero-order valence-electron chi connectivity index (χ0n) is 13.0. The Labute approximate surface area is 126 Å². The lowest BCUT2D eigenvalue weighted by atomic mass is 9.96. The number of alkyl halides is 1. The molecular weight excluding hydrogens is 271 g/mol. The molecule has 0 aromatic heterocycles. The Morgan fingerprint density at radius 1 is 1.33 bits per heavy atom. The number of fused-ring (bicyclic) bond motifs is 1. The smallest absolute Gasteiger partial charge is 0.236 e. The molecule has 21 heavy (non-hydrogen) atoms. The van der Waals surface area contributed by atoms with Crippen LogP contribution in [0.5, 0.6) is 0 Å². The number of hydrogen-bond donors (Lipinski definition) is 2. The fraction of sp³-hybridized carbons (Fsp3) is 0.938. The van der Waals surface area contributed by atoms with E-state index in [0.29, 0.717) is 24.8 Å². The van der Waals surface area contributed by atoms with Crippen LogP contribution in [-0.4, -0.2) is 52.9 Å².